The van der Waals surface area contributed by atoms with E-state index in [0.29, 0.717) is 13.2 Å². The molecule has 1 N–H and O–H groups in total. The van der Waals surface area contributed by atoms with Crippen LogP contribution in [0.2, 0.25) is 0 Å². The molecule has 2 heterocycles. The first-order valence-corrected chi connectivity index (χ1v) is 9.71. The lowest BCUT2D eigenvalue weighted by atomic mass is 9.89. The molecule has 0 radical (unpaired) electrons. The number of methoxy groups -OCH3 is 1. The molecule has 1 unspecified atom stereocenters. The van der Waals surface area contributed by atoms with Crippen molar-refractivity contribution in [3.63, 3.8) is 0 Å². The molecule has 1 aliphatic rings. The predicted octanol–water partition coefficient (Wildman–Crippen LogP) is 3.66. The van der Waals surface area contributed by atoms with Crippen LogP contribution in [0.15, 0.2) is 36.4 Å². The molecule has 1 aromatic heterocycles. The smallest absolute Gasteiger partial charge is 0.210 e. The minimum absolute atomic E-state index is 0.00169. The maximum atomic E-state index is 11.7. The molecule has 6 heteroatoms. The Kier molecular flexibility index (Phi) is 5.19. The Morgan fingerprint density at radius 2 is 2.14 bits per heavy atom. The van der Waals surface area contributed by atoms with Crippen LogP contribution in [-0.2, 0) is 17.6 Å². The minimum atomic E-state index is 0.00169. The number of hydrogen-bond donors (Lipinski definition) is 1. The van der Waals surface area contributed by atoms with Gasteiger partial charge in [-0.3, -0.25) is 9.89 Å². The SMILES string of the molecule is CCOc1cc2c(cc1OC)CCN(C=O)C2CCc1n[nH]c2ccccc12. The molecule has 0 saturated carbocycles. The molecule has 3 aromatic rings. The molecule has 0 spiro atoms. The summed E-state index contributed by atoms with van der Waals surface area (Å²) in [6.07, 6.45) is 3.37. The first-order chi connectivity index (χ1) is 13.7. The zero-order chi connectivity index (χ0) is 19.5. The van der Waals surface area contributed by atoms with Gasteiger partial charge in [0.25, 0.3) is 0 Å². The number of nitrogens with one attached hydrogen (secondary N) is 1. The largest absolute Gasteiger partial charge is 0.493 e. The second-order valence-electron chi connectivity index (χ2n) is 7.00. The number of nitrogens with zero attached hydrogens (tertiary/aromatic N) is 2. The summed E-state index contributed by atoms with van der Waals surface area (Å²) in [4.78, 5) is 13.6. The van der Waals surface area contributed by atoms with Crippen molar-refractivity contribution in [2.45, 2.75) is 32.2 Å². The maximum Gasteiger partial charge on any atom is 0.210 e. The maximum absolute atomic E-state index is 11.7. The second-order valence-corrected chi connectivity index (χ2v) is 7.00. The standard InChI is InChI=1S/C22H25N3O3/c1-3-28-22-13-17-15(12-21(22)27-2)10-11-25(14-26)20(17)9-8-19-16-6-4-5-7-18(16)23-24-19/h4-7,12-14,20H,3,8-11H2,1-2H3,(H,23,24). The van der Waals surface area contributed by atoms with Crippen molar-refractivity contribution in [2.75, 3.05) is 20.3 Å². The topological polar surface area (TPSA) is 67.5 Å². The number of rotatable bonds is 7. The van der Waals surface area contributed by atoms with E-state index in [2.05, 4.69) is 22.3 Å². The Labute approximate surface area is 164 Å². The van der Waals surface area contributed by atoms with E-state index >= 15 is 0 Å². The van der Waals surface area contributed by atoms with Gasteiger partial charge >= 0.3 is 0 Å². The summed E-state index contributed by atoms with van der Waals surface area (Å²) < 4.78 is 11.3. The average Bonchev–Trinajstić information content (AvgIpc) is 3.15. The zero-order valence-corrected chi connectivity index (χ0v) is 16.3. The molecule has 0 saturated heterocycles. The highest BCUT2D eigenvalue weighted by atomic mass is 16.5. The van der Waals surface area contributed by atoms with E-state index in [1.165, 1.54) is 5.56 Å². The normalized spacial score (nSPS) is 16.1. The van der Waals surface area contributed by atoms with E-state index in [9.17, 15) is 4.79 Å². The number of benzene rings is 2. The van der Waals surface area contributed by atoms with Gasteiger partial charge in [-0.05, 0) is 55.5 Å². The number of carbonyl (C=O) groups excluding carboxylic acids is 1. The van der Waals surface area contributed by atoms with Gasteiger partial charge in [-0.1, -0.05) is 18.2 Å². The molecule has 1 amide bonds. The Hall–Kier alpha value is -3.02. The number of amides is 1. The molecule has 4 rings (SSSR count). The molecule has 2 aromatic carbocycles. The minimum Gasteiger partial charge on any atom is -0.493 e. The van der Waals surface area contributed by atoms with Gasteiger partial charge < -0.3 is 14.4 Å². The third-order valence-electron chi connectivity index (χ3n) is 5.46. The number of aryl methyl sites for hydroxylation is 1. The van der Waals surface area contributed by atoms with Crippen LogP contribution in [0.3, 0.4) is 0 Å². The van der Waals surface area contributed by atoms with Crippen LogP contribution in [0.5, 0.6) is 11.5 Å². The van der Waals surface area contributed by atoms with E-state index in [-0.39, 0.29) is 6.04 Å². The molecule has 0 aliphatic carbocycles. The molecule has 0 bridgehead atoms. The van der Waals surface area contributed by atoms with Crippen LogP contribution < -0.4 is 9.47 Å². The monoisotopic (exact) mass is 379 g/mol. The van der Waals surface area contributed by atoms with Crippen LogP contribution in [0.1, 0.15) is 36.2 Å². The Bertz CT molecular complexity index is 982. The predicted molar refractivity (Wildman–Crippen MR) is 108 cm³/mol. The Morgan fingerprint density at radius 1 is 1.29 bits per heavy atom. The third kappa shape index (κ3) is 3.30. The first-order valence-electron chi connectivity index (χ1n) is 9.71. The molecule has 146 valence electrons. The number of para-hydroxylation sites is 1. The lowest BCUT2D eigenvalue weighted by Gasteiger charge is -2.35. The Balaban J connectivity index is 1.65. The van der Waals surface area contributed by atoms with Crippen molar-refractivity contribution < 1.29 is 14.3 Å². The fourth-order valence-electron chi connectivity index (χ4n) is 4.09. The molecule has 0 fully saturated rings. The number of ether oxygens (including phenoxy) is 2. The van der Waals surface area contributed by atoms with Crippen molar-refractivity contribution >= 4 is 17.3 Å². The van der Waals surface area contributed by atoms with Gasteiger partial charge in [0.15, 0.2) is 11.5 Å². The van der Waals surface area contributed by atoms with Crippen LogP contribution in [0, 0.1) is 0 Å². The number of H-pyrrole nitrogens is 1. The molecular weight excluding hydrogens is 354 g/mol. The van der Waals surface area contributed by atoms with Gasteiger partial charge in [-0.15, -0.1) is 0 Å². The van der Waals surface area contributed by atoms with Gasteiger partial charge in [-0.25, -0.2) is 0 Å². The molecular formula is C22H25N3O3. The number of fused-ring (bicyclic) bond motifs is 2. The summed E-state index contributed by atoms with van der Waals surface area (Å²) in [5, 5.41) is 8.72. The summed E-state index contributed by atoms with van der Waals surface area (Å²) in [6, 6.07) is 12.2. The van der Waals surface area contributed by atoms with E-state index in [1.54, 1.807) is 7.11 Å². The molecule has 6 nitrogen and oxygen atoms in total. The highest BCUT2D eigenvalue weighted by Gasteiger charge is 2.28. The second kappa shape index (κ2) is 7.92. The summed E-state index contributed by atoms with van der Waals surface area (Å²) in [5.74, 6) is 1.48. The van der Waals surface area contributed by atoms with Crippen LogP contribution >= 0.6 is 0 Å². The number of hydrogen-bond acceptors (Lipinski definition) is 4. The quantitative estimate of drug-likeness (QED) is 0.636. The lowest BCUT2D eigenvalue weighted by molar-refractivity contribution is -0.120. The van der Waals surface area contributed by atoms with E-state index in [1.807, 2.05) is 36.1 Å². The van der Waals surface area contributed by atoms with Gasteiger partial charge in [0.2, 0.25) is 6.41 Å². The van der Waals surface area contributed by atoms with E-state index in [4.69, 9.17) is 9.47 Å². The fourth-order valence-corrected chi connectivity index (χ4v) is 4.09. The average molecular weight is 379 g/mol. The Morgan fingerprint density at radius 3 is 2.93 bits per heavy atom. The van der Waals surface area contributed by atoms with E-state index < -0.39 is 0 Å². The summed E-state index contributed by atoms with van der Waals surface area (Å²) in [5.41, 5.74) is 4.43. The fraction of sp³-hybridized carbons (Fsp3) is 0.364. The van der Waals surface area contributed by atoms with Crippen molar-refractivity contribution in [2.24, 2.45) is 0 Å². The number of aromatic nitrogens is 2. The summed E-state index contributed by atoms with van der Waals surface area (Å²) in [6.45, 7) is 3.23. The zero-order valence-electron chi connectivity index (χ0n) is 16.3. The van der Waals surface area contributed by atoms with Gasteiger partial charge in [0, 0.05) is 11.9 Å². The van der Waals surface area contributed by atoms with Gasteiger partial charge in [-0.2, -0.15) is 5.10 Å². The lowest BCUT2D eigenvalue weighted by Crippen LogP contribution is -2.34. The van der Waals surface area contributed by atoms with Crippen LogP contribution in [0.25, 0.3) is 10.9 Å². The van der Waals surface area contributed by atoms with E-state index in [0.717, 1.165) is 59.3 Å². The highest BCUT2D eigenvalue weighted by Crippen LogP contribution is 2.39. The third-order valence-corrected chi connectivity index (χ3v) is 5.46. The van der Waals surface area contributed by atoms with Crippen molar-refractivity contribution in [1.29, 1.82) is 0 Å². The molecule has 1 atom stereocenters. The van der Waals surface area contributed by atoms with Gasteiger partial charge in [0.05, 0.1) is 31.0 Å². The number of aromatic amines is 1. The van der Waals surface area contributed by atoms with Gasteiger partial charge in [0.1, 0.15) is 0 Å². The van der Waals surface area contributed by atoms with Crippen molar-refractivity contribution in [3.8, 4) is 11.5 Å². The summed E-state index contributed by atoms with van der Waals surface area (Å²) in [7, 11) is 1.66. The highest BCUT2D eigenvalue weighted by molar-refractivity contribution is 5.81. The molecule has 28 heavy (non-hydrogen) atoms. The molecule has 1 aliphatic heterocycles. The van der Waals surface area contributed by atoms with Crippen molar-refractivity contribution in [1.82, 2.24) is 15.1 Å². The summed E-state index contributed by atoms with van der Waals surface area (Å²) >= 11 is 0. The number of carbonyl (C=O) groups is 1. The first kappa shape index (κ1) is 18.3. The van der Waals surface area contributed by atoms with Crippen molar-refractivity contribution in [3.05, 3.63) is 53.2 Å². The van der Waals surface area contributed by atoms with Crippen LogP contribution in [0.4, 0.5) is 0 Å². The van der Waals surface area contributed by atoms with Crippen LogP contribution in [-0.4, -0.2) is 41.8 Å².